The predicted octanol–water partition coefficient (Wildman–Crippen LogP) is 3.99. The molecular formula is C22H25NO7S. The van der Waals surface area contributed by atoms with Gasteiger partial charge in [0, 0.05) is 0 Å². The van der Waals surface area contributed by atoms with Gasteiger partial charge in [-0.25, -0.2) is 9.59 Å². The van der Waals surface area contributed by atoms with Crippen molar-refractivity contribution in [3.05, 3.63) is 52.9 Å². The summed E-state index contributed by atoms with van der Waals surface area (Å²) in [4.78, 5) is 37.3. The molecule has 8 nitrogen and oxygen atoms in total. The minimum Gasteiger partial charge on any atom is -0.494 e. The highest BCUT2D eigenvalue weighted by Gasteiger charge is 2.27. The Hall–Kier alpha value is -3.33. The number of carbonyl (C=O) groups is 3. The van der Waals surface area contributed by atoms with Crippen molar-refractivity contribution in [2.75, 3.05) is 31.7 Å². The molecule has 1 amide bonds. The molecule has 31 heavy (non-hydrogen) atoms. The van der Waals surface area contributed by atoms with Gasteiger partial charge >= 0.3 is 11.9 Å². The minimum atomic E-state index is -0.637. The fourth-order valence-corrected chi connectivity index (χ4v) is 3.66. The van der Waals surface area contributed by atoms with Crippen molar-refractivity contribution in [2.24, 2.45) is 0 Å². The summed E-state index contributed by atoms with van der Waals surface area (Å²) in [5, 5.41) is 2.82. The topological polar surface area (TPSA) is 100 Å². The molecule has 0 bridgehead atoms. The molecule has 0 saturated carbocycles. The summed E-state index contributed by atoms with van der Waals surface area (Å²) in [6.45, 7) is 9.09. The van der Waals surface area contributed by atoms with Crippen LogP contribution in [0.4, 0.5) is 5.00 Å². The van der Waals surface area contributed by atoms with E-state index in [4.69, 9.17) is 18.9 Å². The van der Waals surface area contributed by atoms with Crippen molar-refractivity contribution in [3.63, 3.8) is 0 Å². The van der Waals surface area contributed by atoms with Crippen LogP contribution in [0.1, 0.15) is 39.4 Å². The Balaban J connectivity index is 2.13. The minimum absolute atomic E-state index is 0.0303. The highest BCUT2D eigenvalue weighted by atomic mass is 32.1. The number of hydrogen-bond donors (Lipinski definition) is 1. The van der Waals surface area contributed by atoms with Gasteiger partial charge in [-0.15, -0.1) is 11.3 Å². The predicted molar refractivity (Wildman–Crippen MR) is 117 cm³/mol. The lowest BCUT2D eigenvalue weighted by atomic mass is 10.1. The van der Waals surface area contributed by atoms with E-state index in [1.165, 1.54) is 6.08 Å². The van der Waals surface area contributed by atoms with E-state index >= 15 is 0 Å². The summed E-state index contributed by atoms with van der Waals surface area (Å²) < 4.78 is 21.0. The fourth-order valence-electron chi connectivity index (χ4n) is 2.56. The van der Waals surface area contributed by atoms with Crippen LogP contribution < -0.4 is 14.8 Å². The first kappa shape index (κ1) is 23.9. The summed E-state index contributed by atoms with van der Waals surface area (Å²) in [6, 6.07) is 6.84. The molecule has 2 aromatic rings. The number of rotatable bonds is 11. The molecule has 0 radical (unpaired) electrons. The molecule has 0 unspecified atom stereocenters. The van der Waals surface area contributed by atoms with E-state index in [0.29, 0.717) is 23.7 Å². The van der Waals surface area contributed by atoms with E-state index in [0.717, 1.165) is 11.3 Å². The molecule has 9 heteroatoms. The van der Waals surface area contributed by atoms with E-state index < -0.39 is 17.8 Å². The van der Waals surface area contributed by atoms with Crippen molar-refractivity contribution >= 4 is 34.2 Å². The van der Waals surface area contributed by atoms with Gasteiger partial charge in [-0.1, -0.05) is 12.7 Å². The Morgan fingerprint density at radius 1 is 1.00 bits per heavy atom. The van der Waals surface area contributed by atoms with E-state index in [1.54, 1.807) is 38.1 Å². The maximum Gasteiger partial charge on any atom is 0.348 e. The zero-order valence-electron chi connectivity index (χ0n) is 17.7. The van der Waals surface area contributed by atoms with Crippen LogP contribution in [0.15, 0.2) is 36.9 Å². The molecule has 1 N–H and O–H groups in total. The van der Waals surface area contributed by atoms with Gasteiger partial charge in [0.1, 0.15) is 28.0 Å². The third-order valence-corrected chi connectivity index (χ3v) is 5.09. The lowest BCUT2D eigenvalue weighted by Crippen LogP contribution is -2.21. The lowest BCUT2D eigenvalue weighted by Gasteiger charge is -2.09. The standard InChI is InChI=1S/C22H25NO7S/c1-5-12-29-22(26)19-14(4)18(21(25)28-7-3)20(31-19)23-17(24)13-30-16-10-8-15(9-11-16)27-6-2/h5,8-11H,1,6-7,12-13H2,2-4H3,(H,23,24). The van der Waals surface area contributed by atoms with Crippen molar-refractivity contribution in [1.82, 2.24) is 0 Å². The molecule has 1 aromatic heterocycles. The molecule has 0 fully saturated rings. The van der Waals surface area contributed by atoms with Crippen molar-refractivity contribution < 1.29 is 33.3 Å². The second-order valence-corrected chi connectivity index (χ2v) is 7.13. The first-order chi connectivity index (χ1) is 14.9. The molecule has 166 valence electrons. The van der Waals surface area contributed by atoms with Crippen LogP contribution in [0.3, 0.4) is 0 Å². The summed E-state index contributed by atoms with van der Waals surface area (Å²) in [7, 11) is 0. The van der Waals surface area contributed by atoms with Gasteiger partial charge < -0.3 is 24.3 Å². The third-order valence-electron chi connectivity index (χ3n) is 3.90. The second-order valence-electron chi connectivity index (χ2n) is 6.11. The summed E-state index contributed by atoms with van der Waals surface area (Å²) >= 11 is 0.943. The second kappa shape index (κ2) is 11.8. The Morgan fingerprint density at radius 2 is 1.65 bits per heavy atom. The molecule has 0 aliphatic rings. The van der Waals surface area contributed by atoms with Crippen molar-refractivity contribution in [1.29, 1.82) is 0 Å². The fraction of sp³-hybridized carbons (Fsp3) is 0.318. The smallest absolute Gasteiger partial charge is 0.348 e. The highest BCUT2D eigenvalue weighted by molar-refractivity contribution is 7.18. The Morgan fingerprint density at radius 3 is 2.23 bits per heavy atom. The lowest BCUT2D eigenvalue weighted by molar-refractivity contribution is -0.118. The summed E-state index contributed by atoms with van der Waals surface area (Å²) in [6.07, 6.45) is 1.44. The summed E-state index contributed by atoms with van der Waals surface area (Å²) in [5.74, 6) is -0.559. The SMILES string of the molecule is C=CCOC(=O)c1sc(NC(=O)COc2ccc(OCC)cc2)c(C(=O)OCC)c1C. The summed E-state index contributed by atoms with van der Waals surface area (Å²) in [5.41, 5.74) is 0.493. The van der Waals surface area contributed by atoms with Gasteiger partial charge in [0.25, 0.3) is 5.91 Å². The van der Waals surface area contributed by atoms with Crippen LogP contribution >= 0.6 is 11.3 Å². The van der Waals surface area contributed by atoms with E-state index in [2.05, 4.69) is 11.9 Å². The van der Waals surface area contributed by atoms with Gasteiger partial charge in [0.2, 0.25) is 0 Å². The molecular weight excluding hydrogens is 422 g/mol. The molecule has 0 aliphatic heterocycles. The molecule has 1 heterocycles. The zero-order chi connectivity index (χ0) is 22.8. The quantitative estimate of drug-likeness (QED) is 0.411. The number of nitrogens with one attached hydrogen (secondary N) is 1. The normalized spacial score (nSPS) is 10.2. The average Bonchev–Trinajstić information content (AvgIpc) is 3.07. The van der Waals surface area contributed by atoms with Crippen LogP contribution in [0.25, 0.3) is 0 Å². The van der Waals surface area contributed by atoms with Crippen LogP contribution in [-0.2, 0) is 14.3 Å². The van der Waals surface area contributed by atoms with Crippen LogP contribution in [0.2, 0.25) is 0 Å². The first-order valence-electron chi connectivity index (χ1n) is 9.65. The molecule has 0 spiro atoms. The number of ether oxygens (including phenoxy) is 4. The van der Waals surface area contributed by atoms with Crippen molar-refractivity contribution in [3.8, 4) is 11.5 Å². The number of thiophene rings is 1. The Bertz CT molecular complexity index is 934. The average molecular weight is 448 g/mol. The van der Waals surface area contributed by atoms with Gasteiger partial charge in [-0.05, 0) is 50.6 Å². The first-order valence-corrected chi connectivity index (χ1v) is 10.5. The maximum atomic E-state index is 12.4. The molecule has 0 atom stereocenters. The van der Waals surface area contributed by atoms with Gasteiger partial charge in [0.05, 0.1) is 18.8 Å². The molecule has 0 aliphatic carbocycles. The van der Waals surface area contributed by atoms with Crippen molar-refractivity contribution in [2.45, 2.75) is 20.8 Å². The highest BCUT2D eigenvalue weighted by Crippen LogP contribution is 2.34. The molecule has 0 saturated heterocycles. The molecule has 1 aromatic carbocycles. The number of carbonyl (C=O) groups excluding carboxylic acids is 3. The monoisotopic (exact) mass is 447 g/mol. The number of benzene rings is 1. The van der Waals surface area contributed by atoms with Crippen LogP contribution in [0, 0.1) is 6.92 Å². The van der Waals surface area contributed by atoms with E-state index in [9.17, 15) is 14.4 Å². The van der Waals surface area contributed by atoms with Crippen LogP contribution in [0.5, 0.6) is 11.5 Å². The van der Waals surface area contributed by atoms with E-state index in [-0.39, 0.29) is 35.3 Å². The number of hydrogen-bond acceptors (Lipinski definition) is 8. The number of esters is 2. The van der Waals surface area contributed by atoms with E-state index in [1.807, 2.05) is 6.92 Å². The molecule has 2 rings (SSSR count). The third kappa shape index (κ3) is 6.58. The Kier molecular flexibility index (Phi) is 9.08. The number of amides is 1. The Labute approximate surface area is 184 Å². The number of anilines is 1. The largest absolute Gasteiger partial charge is 0.494 e. The van der Waals surface area contributed by atoms with Gasteiger partial charge in [-0.3, -0.25) is 4.79 Å². The van der Waals surface area contributed by atoms with Gasteiger partial charge in [-0.2, -0.15) is 0 Å². The van der Waals surface area contributed by atoms with Crippen LogP contribution in [-0.4, -0.2) is 44.3 Å². The maximum absolute atomic E-state index is 12.4. The zero-order valence-corrected chi connectivity index (χ0v) is 18.5. The van der Waals surface area contributed by atoms with Gasteiger partial charge in [0.15, 0.2) is 6.61 Å².